The molecule has 0 atom stereocenters. The highest BCUT2D eigenvalue weighted by Gasteiger charge is 1.93. The molecule has 1 N–H and O–H groups in total. The summed E-state index contributed by atoms with van der Waals surface area (Å²) < 4.78 is 5.11. The van der Waals surface area contributed by atoms with Crippen molar-refractivity contribution >= 4 is 0 Å². The maximum atomic E-state index is 8.53. The maximum Gasteiger partial charge on any atom is 0.0991 e. The molecule has 0 radical (unpaired) electrons. The summed E-state index contributed by atoms with van der Waals surface area (Å²) in [6, 6.07) is 9.22. The fraction of sp³-hybridized carbons (Fsp3) is 0.300. The van der Waals surface area contributed by atoms with Gasteiger partial charge in [-0.15, -0.1) is 0 Å². The second kappa shape index (κ2) is 5.31. The van der Waals surface area contributed by atoms with Crippen LogP contribution in [0.25, 0.3) is 0 Å². The van der Waals surface area contributed by atoms with Gasteiger partial charge in [0.05, 0.1) is 31.5 Å². The molecule has 0 saturated heterocycles. The lowest BCUT2D eigenvalue weighted by Gasteiger charge is -2.01. The molecule has 0 bridgehead atoms. The van der Waals surface area contributed by atoms with Crippen molar-refractivity contribution in [2.75, 3.05) is 13.2 Å². The normalized spacial score (nSPS) is 9.54. The van der Waals surface area contributed by atoms with E-state index in [0.717, 1.165) is 5.56 Å². The van der Waals surface area contributed by atoms with Crippen LogP contribution in [0.5, 0.6) is 0 Å². The van der Waals surface area contributed by atoms with Crippen LogP contribution in [-0.2, 0) is 11.3 Å². The summed E-state index contributed by atoms with van der Waals surface area (Å²) >= 11 is 0. The van der Waals surface area contributed by atoms with Crippen molar-refractivity contribution in [1.82, 2.24) is 0 Å². The van der Waals surface area contributed by atoms with Crippen LogP contribution in [0.4, 0.5) is 0 Å². The molecule has 1 aromatic rings. The Morgan fingerprint density at radius 1 is 1.31 bits per heavy atom. The van der Waals surface area contributed by atoms with E-state index in [2.05, 4.69) is 0 Å². The summed E-state index contributed by atoms with van der Waals surface area (Å²) in [6.45, 7) is 0.864. The van der Waals surface area contributed by atoms with Crippen molar-refractivity contribution in [3.8, 4) is 6.07 Å². The molecule has 13 heavy (non-hydrogen) atoms. The molecular weight excluding hydrogens is 166 g/mol. The molecule has 0 aromatic heterocycles. The highest BCUT2D eigenvalue weighted by Crippen LogP contribution is 2.04. The Hall–Kier alpha value is -1.37. The van der Waals surface area contributed by atoms with Crippen molar-refractivity contribution in [2.45, 2.75) is 6.61 Å². The zero-order valence-electron chi connectivity index (χ0n) is 7.23. The highest BCUT2D eigenvalue weighted by atomic mass is 16.5. The summed E-state index contributed by atoms with van der Waals surface area (Å²) in [6.07, 6.45) is 0. The van der Waals surface area contributed by atoms with E-state index < -0.39 is 0 Å². The quantitative estimate of drug-likeness (QED) is 0.700. The smallest absolute Gasteiger partial charge is 0.0991 e. The van der Waals surface area contributed by atoms with Gasteiger partial charge < -0.3 is 9.84 Å². The first kappa shape index (κ1) is 9.72. The Kier molecular flexibility index (Phi) is 3.97. The fourth-order valence-corrected chi connectivity index (χ4v) is 0.930. The van der Waals surface area contributed by atoms with Gasteiger partial charge in [0.1, 0.15) is 0 Å². The molecule has 1 rings (SSSR count). The van der Waals surface area contributed by atoms with Gasteiger partial charge in [-0.1, -0.05) is 12.1 Å². The van der Waals surface area contributed by atoms with E-state index in [-0.39, 0.29) is 6.61 Å². The number of ether oxygens (including phenoxy) is 1. The first-order valence-electron chi connectivity index (χ1n) is 4.04. The summed E-state index contributed by atoms with van der Waals surface area (Å²) in [5.41, 5.74) is 1.65. The van der Waals surface area contributed by atoms with Gasteiger partial charge in [0.2, 0.25) is 0 Å². The Balaban J connectivity index is 2.46. The van der Waals surface area contributed by atoms with E-state index in [1.165, 1.54) is 0 Å². The first-order valence-corrected chi connectivity index (χ1v) is 4.04. The van der Waals surface area contributed by atoms with Gasteiger partial charge in [-0.2, -0.15) is 5.26 Å². The van der Waals surface area contributed by atoms with Gasteiger partial charge >= 0.3 is 0 Å². The molecule has 0 spiro atoms. The molecule has 0 saturated carbocycles. The number of hydrogen-bond acceptors (Lipinski definition) is 3. The molecule has 0 heterocycles. The predicted molar refractivity (Wildman–Crippen MR) is 47.9 cm³/mol. The Labute approximate surface area is 77.2 Å². The average molecular weight is 177 g/mol. The molecule has 0 unspecified atom stereocenters. The molecule has 0 aliphatic rings. The van der Waals surface area contributed by atoms with Crippen LogP contribution >= 0.6 is 0 Å². The number of benzene rings is 1. The molecular formula is C10H11NO2. The Morgan fingerprint density at radius 2 is 2.00 bits per heavy atom. The van der Waals surface area contributed by atoms with E-state index in [1.54, 1.807) is 12.1 Å². The largest absolute Gasteiger partial charge is 0.394 e. The van der Waals surface area contributed by atoms with Crippen LogP contribution in [0.3, 0.4) is 0 Å². The topological polar surface area (TPSA) is 53.2 Å². The first-order chi connectivity index (χ1) is 6.36. The minimum absolute atomic E-state index is 0.0380. The monoisotopic (exact) mass is 177 g/mol. The van der Waals surface area contributed by atoms with E-state index >= 15 is 0 Å². The van der Waals surface area contributed by atoms with E-state index in [1.807, 2.05) is 18.2 Å². The van der Waals surface area contributed by atoms with Crippen LogP contribution in [0, 0.1) is 11.3 Å². The second-order valence-electron chi connectivity index (χ2n) is 2.58. The summed E-state index contributed by atoms with van der Waals surface area (Å²) in [4.78, 5) is 0. The maximum absolute atomic E-state index is 8.53. The number of aliphatic hydroxyl groups is 1. The van der Waals surface area contributed by atoms with E-state index in [9.17, 15) is 0 Å². The van der Waals surface area contributed by atoms with Gasteiger partial charge in [0.25, 0.3) is 0 Å². The van der Waals surface area contributed by atoms with Crippen molar-refractivity contribution in [3.05, 3.63) is 35.4 Å². The number of nitriles is 1. The van der Waals surface area contributed by atoms with Crippen molar-refractivity contribution < 1.29 is 9.84 Å². The standard InChI is InChI=1S/C10H11NO2/c11-7-9-1-3-10(4-2-9)8-13-6-5-12/h1-4,12H,5-6,8H2. The lowest BCUT2D eigenvalue weighted by atomic mass is 10.2. The van der Waals surface area contributed by atoms with E-state index in [0.29, 0.717) is 18.8 Å². The number of nitrogens with zero attached hydrogens (tertiary/aromatic N) is 1. The van der Waals surface area contributed by atoms with Gasteiger partial charge in [-0.05, 0) is 17.7 Å². The molecule has 1 aromatic carbocycles. The lowest BCUT2D eigenvalue weighted by molar-refractivity contribution is 0.0815. The average Bonchev–Trinajstić information content (AvgIpc) is 2.19. The molecule has 0 amide bonds. The molecule has 68 valence electrons. The molecule has 3 heteroatoms. The highest BCUT2D eigenvalue weighted by molar-refractivity contribution is 5.31. The summed E-state index contributed by atoms with van der Waals surface area (Å²) in [7, 11) is 0. The van der Waals surface area contributed by atoms with Crippen LogP contribution in [0.1, 0.15) is 11.1 Å². The zero-order valence-corrected chi connectivity index (χ0v) is 7.23. The van der Waals surface area contributed by atoms with Crippen molar-refractivity contribution in [3.63, 3.8) is 0 Å². The molecule has 3 nitrogen and oxygen atoms in total. The molecule has 0 fully saturated rings. The van der Waals surface area contributed by atoms with Gasteiger partial charge in [-0.25, -0.2) is 0 Å². The minimum atomic E-state index is 0.0380. The third-order valence-electron chi connectivity index (χ3n) is 1.59. The van der Waals surface area contributed by atoms with E-state index in [4.69, 9.17) is 15.1 Å². The molecule has 0 aliphatic heterocycles. The minimum Gasteiger partial charge on any atom is -0.394 e. The number of aliphatic hydroxyl groups excluding tert-OH is 1. The third-order valence-corrected chi connectivity index (χ3v) is 1.59. The lowest BCUT2D eigenvalue weighted by Crippen LogP contribution is -1.98. The van der Waals surface area contributed by atoms with Crippen LogP contribution in [0.15, 0.2) is 24.3 Å². The van der Waals surface area contributed by atoms with Crippen molar-refractivity contribution in [2.24, 2.45) is 0 Å². The Bertz CT molecular complexity index is 287. The van der Waals surface area contributed by atoms with Crippen LogP contribution in [0.2, 0.25) is 0 Å². The third kappa shape index (κ3) is 3.24. The zero-order chi connectivity index (χ0) is 9.52. The second-order valence-corrected chi connectivity index (χ2v) is 2.58. The SMILES string of the molecule is N#Cc1ccc(COCCO)cc1. The van der Waals surface area contributed by atoms with Crippen LogP contribution < -0.4 is 0 Å². The van der Waals surface area contributed by atoms with Gasteiger partial charge in [0.15, 0.2) is 0 Å². The number of rotatable bonds is 4. The van der Waals surface area contributed by atoms with Crippen LogP contribution in [-0.4, -0.2) is 18.3 Å². The number of hydrogen-bond donors (Lipinski definition) is 1. The Morgan fingerprint density at radius 3 is 2.54 bits per heavy atom. The van der Waals surface area contributed by atoms with Gasteiger partial charge in [-0.3, -0.25) is 0 Å². The molecule has 0 aliphatic carbocycles. The summed E-state index contributed by atoms with van der Waals surface area (Å²) in [5, 5.41) is 17.0. The predicted octanol–water partition coefficient (Wildman–Crippen LogP) is 1.07. The van der Waals surface area contributed by atoms with Gasteiger partial charge in [0, 0.05) is 0 Å². The van der Waals surface area contributed by atoms with Crippen molar-refractivity contribution in [1.29, 1.82) is 5.26 Å². The summed E-state index contributed by atoms with van der Waals surface area (Å²) in [5.74, 6) is 0. The fourth-order valence-electron chi connectivity index (χ4n) is 0.930.